The van der Waals surface area contributed by atoms with E-state index in [1.807, 2.05) is 47.6 Å². The summed E-state index contributed by atoms with van der Waals surface area (Å²) in [6.07, 6.45) is 0. The average molecular weight is 337 g/mol. The first-order valence-electron chi connectivity index (χ1n) is 8.17. The number of phenolic OH excluding ortho intramolecular Hbond substituents is 1. The molecule has 0 aromatic heterocycles. The van der Waals surface area contributed by atoms with Crippen molar-refractivity contribution in [1.29, 1.82) is 0 Å². The Bertz CT molecular complexity index is 605. The van der Waals surface area contributed by atoms with E-state index < -0.39 is 24.7 Å². The third kappa shape index (κ3) is 4.48. The number of aliphatic hydroxyl groups is 2. The maximum atomic E-state index is 12.7. The molecule has 0 heterocycles. The van der Waals surface area contributed by atoms with Crippen molar-refractivity contribution in [3.05, 3.63) is 28.8 Å². The molecule has 1 amide bonds. The van der Waals surface area contributed by atoms with Crippen LogP contribution in [0.1, 0.15) is 70.0 Å². The number of carbonyl (C=O) groups excluding carboxylic acids is 1. The molecule has 0 fully saturated rings. The summed E-state index contributed by atoms with van der Waals surface area (Å²) in [6, 6.07) is 3.61. The summed E-state index contributed by atoms with van der Waals surface area (Å²) in [5.41, 5.74) is 0.0983. The van der Waals surface area contributed by atoms with E-state index in [2.05, 4.69) is 5.32 Å². The molecule has 1 aromatic rings. The quantitative estimate of drug-likeness (QED) is 0.679. The van der Waals surface area contributed by atoms with Gasteiger partial charge in [-0.3, -0.25) is 4.79 Å². The minimum absolute atomic E-state index is 0.0637. The molecule has 0 aliphatic carbocycles. The second-order valence-corrected chi connectivity index (χ2v) is 8.75. The lowest BCUT2D eigenvalue weighted by molar-refractivity contribution is 0.0721. The van der Waals surface area contributed by atoms with Crippen LogP contribution in [0.4, 0.5) is 0 Å². The Morgan fingerprint density at radius 2 is 1.46 bits per heavy atom. The highest BCUT2D eigenvalue weighted by Crippen LogP contribution is 2.37. The van der Waals surface area contributed by atoms with Gasteiger partial charge in [0.1, 0.15) is 5.75 Å². The lowest BCUT2D eigenvalue weighted by Gasteiger charge is -2.29. The van der Waals surface area contributed by atoms with Gasteiger partial charge in [0.25, 0.3) is 5.91 Å². The molecule has 0 saturated carbocycles. The zero-order valence-electron chi connectivity index (χ0n) is 15.8. The molecule has 0 saturated heterocycles. The fraction of sp³-hybridized carbons (Fsp3) is 0.632. The Hall–Kier alpha value is -1.59. The zero-order chi connectivity index (χ0) is 18.9. The number of hydrogen-bond acceptors (Lipinski definition) is 4. The minimum Gasteiger partial charge on any atom is -0.507 e. The minimum atomic E-state index is -1.15. The van der Waals surface area contributed by atoms with Crippen LogP contribution in [0.2, 0.25) is 0 Å². The van der Waals surface area contributed by atoms with Gasteiger partial charge in [0, 0.05) is 5.56 Å². The highest BCUT2D eigenvalue weighted by atomic mass is 16.3. The third-order valence-electron chi connectivity index (χ3n) is 4.14. The van der Waals surface area contributed by atoms with Crippen LogP contribution < -0.4 is 5.32 Å². The molecule has 0 atom stereocenters. The number of amides is 1. The zero-order valence-corrected chi connectivity index (χ0v) is 15.8. The highest BCUT2D eigenvalue weighted by Gasteiger charge is 2.30. The molecular formula is C19H31NO4. The van der Waals surface area contributed by atoms with Crippen LogP contribution in [0.25, 0.3) is 0 Å². The fourth-order valence-electron chi connectivity index (χ4n) is 2.28. The second kappa shape index (κ2) is 6.73. The molecule has 1 rings (SSSR count). The first kappa shape index (κ1) is 20.5. The van der Waals surface area contributed by atoms with Gasteiger partial charge in [-0.2, -0.15) is 0 Å². The van der Waals surface area contributed by atoms with Crippen LogP contribution in [0, 0.1) is 0 Å². The summed E-state index contributed by atoms with van der Waals surface area (Å²) in [7, 11) is 0. The van der Waals surface area contributed by atoms with E-state index >= 15 is 0 Å². The van der Waals surface area contributed by atoms with Crippen molar-refractivity contribution in [2.45, 2.75) is 64.8 Å². The maximum absolute atomic E-state index is 12.7. The van der Waals surface area contributed by atoms with Crippen molar-refractivity contribution in [1.82, 2.24) is 5.32 Å². The van der Waals surface area contributed by atoms with E-state index in [4.69, 9.17) is 0 Å². The Labute approximate surface area is 144 Å². The third-order valence-corrected chi connectivity index (χ3v) is 4.14. The fourth-order valence-corrected chi connectivity index (χ4v) is 2.28. The summed E-state index contributed by atoms with van der Waals surface area (Å²) >= 11 is 0. The normalized spacial score (nSPS) is 13.0. The second-order valence-electron chi connectivity index (χ2n) is 8.75. The first-order chi connectivity index (χ1) is 10.7. The Morgan fingerprint density at radius 3 is 1.83 bits per heavy atom. The van der Waals surface area contributed by atoms with Crippen LogP contribution in [-0.2, 0) is 10.8 Å². The molecule has 0 aliphatic rings. The van der Waals surface area contributed by atoms with Gasteiger partial charge in [-0.05, 0) is 29.4 Å². The molecule has 0 bridgehead atoms. The number of phenols is 1. The van der Waals surface area contributed by atoms with E-state index in [0.717, 1.165) is 5.56 Å². The van der Waals surface area contributed by atoms with E-state index in [9.17, 15) is 20.1 Å². The molecular weight excluding hydrogens is 306 g/mol. The van der Waals surface area contributed by atoms with Gasteiger partial charge in [-0.15, -0.1) is 0 Å². The van der Waals surface area contributed by atoms with Crippen molar-refractivity contribution < 1.29 is 20.1 Å². The van der Waals surface area contributed by atoms with Gasteiger partial charge in [0.05, 0.1) is 24.3 Å². The van der Waals surface area contributed by atoms with E-state index in [1.54, 1.807) is 13.0 Å². The van der Waals surface area contributed by atoms with Crippen LogP contribution in [0.5, 0.6) is 5.75 Å². The smallest absolute Gasteiger partial charge is 0.255 e. The van der Waals surface area contributed by atoms with Gasteiger partial charge in [0.2, 0.25) is 0 Å². The molecule has 0 unspecified atom stereocenters. The summed E-state index contributed by atoms with van der Waals surface area (Å²) in [6.45, 7) is 12.8. The number of rotatable bonds is 4. The molecule has 5 heteroatoms. The largest absolute Gasteiger partial charge is 0.507 e. The first-order valence-corrected chi connectivity index (χ1v) is 8.17. The van der Waals surface area contributed by atoms with Crippen molar-refractivity contribution in [3.63, 3.8) is 0 Å². The predicted octanol–water partition coefficient (Wildman–Crippen LogP) is 2.46. The van der Waals surface area contributed by atoms with Crippen molar-refractivity contribution in [2.24, 2.45) is 0 Å². The van der Waals surface area contributed by atoms with Crippen LogP contribution in [0.15, 0.2) is 12.1 Å². The molecule has 0 spiro atoms. The standard InChI is InChI=1S/C19H31NO4/c1-17(2,3)12-8-13(15(23)14(9-12)18(4,5)6)16(24)20-19(7,10-21)11-22/h8-9,21-23H,10-11H2,1-7H3,(H,20,24). The molecule has 24 heavy (non-hydrogen) atoms. The summed E-state index contributed by atoms with van der Waals surface area (Å²) in [5, 5.41) is 32.0. The number of hydrogen-bond donors (Lipinski definition) is 4. The average Bonchev–Trinajstić information content (AvgIpc) is 2.44. The topological polar surface area (TPSA) is 89.8 Å². The van der Waals surface area contributed by atoms with Crippen LogP contribution in [-0.4, -0.2) is 40.0 Å². The molecule has 4 N–H and O–H groups in total. The maximum Gasteiger partial charge on any atom is 0.255 e. The van der Waals surface area contributed by atoms with Crippen LogP contribution >= 0.6 is 0 Å². The number of carbonyl (C=O) groups is 1. The van der Waals surface area contributed by atoms with E-state index in [0.29, 0.717) is 5.56 Å². The number of benzene rings is 1. The van der Waals surface area contributed by atoms with Gasteiger partial charge in [0.15, 0.2) is 0 Å². The van der Waals surface area contributed by atoms with Gasteiger partial charge < -0.3 is 20.6 Å². The predicted molar refractivity (Wildman–Crippen MR) is 95.5 cm³/mol. The summed E-state index contributed by atoms with van der Waals surface area (Å²) < 4.78 is 0. The van der Waals surface area contributed by atoms with Crippen molar-refractivity contribution in [3.8, 4) is 5.75 Å². The number of aromatic hydroxyl groups is 1. The lowest BCUT2D eigenvalue weighted by Crippen LogP contribution is -2.51. The summed E-state index contributed by atoms with van der Waals surface area (Å²) in [5.74, 6) is -0.582. The van der Waals surface area contributed by atoms with E-state index in [1.165, 1.54) is 0 Å². The number of nitrogens with one attached hydrogen (secondary N) is 1. The SMILES string of the molecule is CC(CO)(CO)NC(=O)c1cc(C(C)(C)C)cc(C(C)(C)C)c1O. The van der Waals surface area contributed by atoms with E-state index in [-0.39, 0.29) is 22.1 Å². The van der Waals surface area contributed by atoms with Gasteiger partial charge in [-0.1, -0.05) is 47.6 Å². The summed E-state index contributed by atoms with van der Waals surface area (Å²) in [4.78, 5) is 12.7. The molecule has 1 aromatic carbocycles. The molecule has 136 valence electrons. The Morgan fingerprint density at radius 1 is 0.958 bits per heavy atom. The molecule has 0 aliphatic heterocycles. The van der Waals surface area contributed by atoms with Crippen molar-refractivity contribution in [2.75, 3.05) is 13.2 Å². The van der Waals surface area contributed by atoms with Gasteiger partial charge in [-0.25, -0.2) is 0 Å². The van der Waals surface area contributed by atoms with Crippen LogP contribution in [0.3, 0.4) is 0 Å². The number of aliphatic hydroxyl groups excluding tert-OH is 2. The Balaban J connectivity index is 3.49. The molecule has 5 nitrogen and oxygen atoms in total. The Kier molecular flexibility index (Phi) is 5.73. The van der Waals surface area contributed by atoms with Crippen molar-refractivity contribution >= 4 is 5.91 Å². The molecule has 0 radical (unpaired) electrons. The lowest BCUT2D eigenvalue weighted by atomic mass is 9.78. The van der Waals surface area contributed by atoms with Gasteiger partial charge >= 0.3 is 0 Å². The monoisotopic (exact) mass is 337 g/mol. The highest BCUT2D eigenvalue weighted by molar-refractivity contribution is 5.98.